The summed E-state index contributed by atoms with van der Waals surface area (Å²) in [7, 11) is 0. The predicted octanol–water partition coefficient (Wildman–Crippen LogP) is 5.08. The summed E-state index contributed by atoms with van der Waals surface area (Å²) in [4.78, 5) is 20.3. The number of thiazole rings is 1. The molecule has 1 aromatic heterocycles. The van der Waals surface area contributed by atoms with Gasteiger partial charge in [-0.25, -0.2) is 4.98 Å². The van der Waals surface area contributed by atoms with Crippen LogP contribution < -0.4 is 0 Å². The average Bonchev–Trinajstić information content (AvgIpc) is 2.91. The van der Waals surface area contributed by atoms with Gasteiger partial charge in [0.1, 0.15) is 5.60 Å². The summed E-state index contributed by atoms with van der Waals surface area (Å²) in [5.74, 6) is 1.27. The van der Waals surface area contributed by atoms with Gasteiger partial charge in [-0.15, -0.1) is 11.3 Å². The zero-order valence-corrected chi connectivity index (χ0v) is 17.8. The number of ether oxygens (including phenoxy) is 1. The summed E-state index contributed by atoms with van der Waals surface area (Å²) >= 11 is 7.67. The number of hydrogen-bond donors (Lipinski definition) is 0. The fraction of sp³-hybridized carbons (Fsp3) is 0.800. The van der Waals surface area contributed by atoms with E-state index in [4.69, 9.17) is 16.3 Å². The van der Waals surface area contributed by atoms with Gasteiger partial charge in [0.25, 0.3) is 0 Å². The summed E-state index contributed by atoms with van der Waals surface area (Å²) in [5, 5.41) is 0. The molecule has 146 valence electrons. The lowest BCUT2D eigenvalue weighted by molar-refractivity contribution is -0.156. The van der Waals surface area contributed by atoms with Crippen molar-refractivity contribution in [2.45, 2.75) is 77.9 Å². The Kier molecular flexibility index (Phi) is 6.63. The highest BCUT2D eigenvalue weighted by atomic mass is 35.5. The van der Waals surface area contributed by atoms with Crippen LogP contribution in [0.1, 0.15) is 69.9 Å². The van der Waals surface area contributed by atoms with Gasteiger partial charge in [-0.1, -0.05) is 24.4 Å². The molecule has 0 radical (unpaired) electrons. The van der Waals surface area contributed by atoms with Crippen LogP contribution in [0.5, 0.6) is 0 Å². The summed E-state index contributed by atoms with van der Waals surface area (Å²) in [6.07, 6.45) is 7.74. The third-order valence-corrected chi connectivity index (χ3v) is 6.74. The lowest BCUT2D eigenvalue weighted by atomic mass is 9.79. The lowest BCUT2D eigenvalue weighted by Crippen LogP contribution is -2.32. The molecule has 3 rings (SSSR count). The first-order chi connectivity index (χ1) is 12.3. The van der Waals surface area contributed by atoms with E-state index >= 15 is 0 Å². The highest BCUT2D eigenvalue weighted by Gasteiger charge is 2.26. The maximum absolute atomic E-state index is 12.0. The topological polar surface area (TPSA) is 42.4 Å². The van der Waals surface area contributed by atoms with Gasteiger partial charge in [0.15, 0.2) is 4.47 Å². The van der Waals surface area contributed by atoms with Gasteiger partial charge in [0.05, 0.1) is 5.69 Å². The van der Waals surface area contributed by atoms with Crippen molar-refractivity contribution >= 4 is 28.9 Å². The minimum absolute atomic E-state index is 0.0352. The van der Waals surface area contributed by atoms with E-state index in [1.165, 1.54) is 29.8 Å². The van der Waals surface area contributed by atoms with E-state index in [1.54, 1.807) is 11.3 Å². The van der Waals surface area contributed by atoms with Crippen LogP contribution in [-0.4, -0.2) is 34.5 Å². The van der Waals surface area contributed by atoms with Gasteiger partial charge in [-0.05, 0) is 64.8 Å². The zero-order valence-electron chi connectivity index (χ0n) is 16.2. The molecule has 0 atom stereocenters. The first-order valence-electron chi connectivity index (χ1n) is 9.87. The summed E-state index contributed by atoms with van der Waals surface area (Å²) in [6, 6.07) is 0. The van der Waals surface area contributed by atoms with Crippen molar-refractivity contribution in [2.24, 2.45) is 11.8 Å². The number of carbonyl (C=O) groups is 1. The highest BCUT2D eigenvalue weighted by Crippen LogP contribution is 2.34. The Balaban J connectivity index is 1.35. The van der Waals surface area contributed by atoms with Crippen molar-refractivity contribution < 1.29 is 9.53 Å². The fourth-order valence-electron chi connectivity index (χ4n) is 4.12. The quantitative estimate of drug-likeness (QED) is 0.648. The van der Waals surface area contributed by atoms with Crippen molar-refractivity contribution in [1.29, 1.82) is 0 Å². The molecular weight excluding hydrogens is 368 g/mol. The Morgan fingerprint density at radius 2 is 1.96 bits per heavy atom. The van der Waals surface area contributed by atoms with Crippen LogP contribution >= 0.6 is 22.9 Å². The molecule has 0 spiro atoms. The van der Waals surface area contributed by atoms with Crippen LogP contribution in [0.15, 0.2) is 0 Å². The van der Waals surface area contributed by atoms with Crippen molar-refractivity contribution in [2.75, 3.05) is 13.1 Å². The standard InChI is InChI=1S/C20H31ClN2O2S/c1-20(2,3)25-18(24)12-15-6-4-14(5-7-15)8-10-23-11-9-17-16(13-23)22-19(21)26-17/h14-15H,4-13H2,1-3H3. The third kappa shape index (κ3) is 5.93. The van der Waals surface area contributed by atoms with Crippen molar-refractivity contribution in [3.8, 4) is 0 Å². The van der Waals surface area contributed by atoms with E-state index in [9.17, 15) is 4.79 Å². The number of hydrogen-bond acceptors (Lipinski definition) is 5. The summed E-state index contributed by atoms with van der Waals surface area (Å²) < 4.78 is 6.15. The second-order valence-electron chi connectivity index (χ2n) is 8.83. The van der Waals surface area contributed by atoms with Gasteiger partial charge >= 0.3 is 5.97 Å². The van der Waals surface area contributed by atoms with E-state index in [0.29, 0.717) is 16.8 Å². The Bertz CT molecular complexity index is 618. The molecule has 1 aromatic rings. The molecule has 0 N–H and O–H groups in total. The van der Waals surface area contributed by atoms with Crippen LogP contribution in [0.4, 0.5) is 0 Å². The maximum atomic E-state index is 12.0. The van der Waals surface area contributed by atoms with E-state index in [1.807, 2.05) is 20.8 Å². The number of rotatable bonds is 5. The van der Waals surface area contributed by atoms with Crippen molar-refractivity contribution in [3.05, 3.63) is 15.0 Å². The van der Waals surface area contributed by atoms with E-state index in [2.05, 4.69) is 9.88 Å². The van der Waals surface area contributed by atoms with E-state index < -0.39 is 0 Å². The smallest absolute Gasteiger partial charge is 0.306 e. The Labute approximate surface area is 166 Å². The van der Waals surface area contributed by atoms with Gasteiger partial charge in [-0.3, -0.25) is 9.69 Å². The monoisotopic (exact) mass is 398 g/mol. The molecule has 4 nitrogen and oxygen atoms in total. The minimum Gasteiger partial charge on any atom is -0.460 e. The molecular formula is C20H31ClN2O2S. The van der Waals surface area contributed by atoms with Crippen molar-refractivity contribution in [1.82, 2.24) is 9.88 Å². The van der Waals surface area contributed by atoms with E-state index in [-0.39, 0.29) is 11.6 Å². The van der Waals surface area contributed by atoms with Crippen LogP contribution in [0.25, 0.3) is 0 Å². The molecule has 0 bridgehead atoms. The summed E-state index contributed by atoms with van der Waals surface area (Å²) in [6.45, 7) is 9.03. The lowest BCUT2D eigenvalue weighted by Gasteiger charge is -2.31. The third-order valence-electron chi connectivity index (χ3n) is 5.48. The van der Waals surface area contributed by atoms with Crippen LogP contribution in [0.3, 0.4) is 0 Å². The van der Waals surface area contributed by atoms with E-state index in [0.717, 1.165) is 44.8 Å². The first-order valence-corrected chi connectivity index (χ1v) is 11.1. The summed E-state index contributed by atoms with van der Waals surface area (Å²) in [5.41, 5.74) is 0.816. The molecule has 0 unspecified atom stereocenters. The Hall–Kier alpha value is -0.650. The number of halogens is 1. The van der Waals surface area contributed by atoms with Crippen LogP contribution in [-0.2, 0) is 22.5 Å². The average molecular weight is 399 g/mol. The highest BCUT2D eigenvalue weighted by molar-refractivity contribution is 7.15. The molecule has 1 saturated carbocycles. The fourth-order valence-corrected chi connectivity index (χ4v) is 5.28. The van der Waals surface area contributed by atoms with Gasteiger partial charge < -0.3 is 4.74 Å². The molecule has 26 heavy (non-hydrogen) atoms. The van der Waals surface area contributed by atoms with Gasteiger partial charge in [0.2, 0.25) is 0 Å². The number of carbonyl (C=O) groups excluding carboxylic acids is 1. The number of nitrogens with zero attached hydrogens (tertiary/aromatic N) is 2. The molecule has 2 heterocycles. The van der Waals surface area contributed by atoms with Crippen LogP contribution in [0, 0.1) is 11.8 Å². The predicted molar refractivity (Wildman–Crippen MR) is 107 cm³/mol. The van der Waals surface area contributed by atoms with Gasteiger partial charge in [-0.2, -0.15) is 0 Å². The van der Waals surface area contributed by atoms with Crippen molar-refractivity contribution in [3.63, 3.8) is 0 Å². The molecule has 0 amide bonds. The van der Waals surface area contributed by atoms with Crippen LogP contribution in [0.2, 0.25) is 4.47 Å². The Morgan fingerprint density at radius 3 is 2.65 bits per heavy atom. The normalized spacial score (nSPS) is 24.3. The molecule has 6 heteroatoms. The number of fused-ring (bicyclic) bond motifs is 1. The first kappa shape index (κ1) is 20.1. The maximum Gasteiger partial charge on any atom is 0.306 e. The second kappa shape index (κ2) is 8.57. The Morgan fingerprint density at radius 1 is 1.27 bits per heavy atom. The molecule has 0 aromatic carbocycles. The number of aromatic nitrogens is 1. The molecule has 1 fully saturated rings. The molecule has 0 saturated heterocycles. The molecule has 2 aliphatic rings. The SMILES string of the molecule is CC(C)(C)OC(=O)CC1CCC(CCN2CCc3sc(Cl)nc3C2)CC1. The number of esters is 1. The zero-order chi connectivity index (χ0) is 18.7. The molecule has 1 aliphatic heterocycles. The second-order valence-corrected chi connectivity index (χ2v) is 10.5. The van der Waals surface area contributed by atoms with Gasteiger partial charge in [0, 0.05) is 24.4 Å². The molecule has 1 aliphatic carbocycles. The minimum atomic E-state index is -0.371. The largest absolute Gasteiger partial charge is 0.460 e.